The molecule has 1 unspecified atom stereocenters. The molecule has 37 heavy (non-hydrogen) atoms. The summed E-state index contributed by atoms with van der Waals surface area (Å²) in [5, 5.41) is 5.95. The Bertz CT molecular complexity index is 1140. The molecular formula is C28H41N7O2. The van der Waals surface area contributed by atoms with Crippen LogP contribution in [0.5, 0.6) is 0 Å². The number of nitrogens with two attached hydrogens (primary N) is 1. The van der Waals surface area contributed by atoms with Crippen LogP contribution in [0.15, 0.2) is 41.3 Å². The molecule has 9 heteroatoms. The lowest BCUT2D eigenvalue weighted by molar-refractivity contribution is -0.0860. The van der Waals surface area contributed by atoms with Crippen molar-refractivity contribution in [3.8, 4) is 5.69 Å². The number of piperazine rings is 1. The van der Waals surface area contributed by atoms with E-state index in [1.54, 1.807) is 17.2 Å². The highest BCUT2D eigenvalue weighted by atomic mass is 16.2. The van der Waals surface area contributed by atoms with Gasteiger partial charge in [-0.25, -0.2) is 9.59 Å². The fourth-order valence-corrected chi connectivity index (χ4v) is 6.79. The van der Waals surface area contributed by atoms with Crippen molar-refractivity contribution in [2.45, 2.75) is 77.0 Å². The zero-order valence-electron chi connectivity index (χ0n) is 22.3. The summed E-state index contributed by atoms with van der Waals surface area (Å²) in [5.41, 5.74) is 8.19. The van der Waals surface area contributed by atoms with Gasteiger partial charge in [-0.15, -0.1) is 0 Å². The number of hydrogen-bond acceptors (Lipinski definition) is 6. The number of rotatable bonds is 7. The van der Waals surface area contributed by atoms with Crippen molar-refractivity contribution < 1.29 is 4.79 Å². The number of urea groups is 1. The molecule has 200 valence electrons. The molecule has 1 aromatic heterocycles. The van der Waals surface area contributed by atoms with Crippen LogP contribution < -0.4 is 22.1 Å². The van der Waals surface area contributed by atoms with Crippen molar-refractivity contribution in [3.63, 3.8) is 0 Å². The zero-order chi connectivity index (χ0) is 26.2. The predicted octanol–water partition coefficient (Wildman–Crippen LogP) is 2.58. The summed E-state index contributed by atoms with van der Waals surface area (Å²) in [6.45, 7) is 9.73. The lowest BCUT2D eigenvalue weighted by Gasteiger charge is -2.61. The van der Waals surface area contributed by atoms with Gasteiger partial charge in [0.1, 0.15) is 5.82 Å². The van der Waals surface area contributed by atoms with Gasteiger partial charge < -0.3 is 16.0 Å². The third-order valence-corrected chi connectivity index (χ3v) is 8.44. The fraction of sp³-hybridized carbons (Fsp3) is 0.607. The van der Waals surface area contributed by atoms with E-state index in [9.17, 15) is 9.59 Å². The molecule has 1 aromatic carbocycles. The fourth-order valence-electron chi connectivity index (χ4n) is 6.79. The molecule has 1 saturated heterocycles. The molecule has 3 aliphatic rings. The van der Waals surface area contributed by atoms with E-state index in [4.69, 9.17) is 5.73 Å². The second-order valence-corrected chi connectivity index (χ2v) is 11.6. The maximum Gasteiger partial charge on any atom is 0.354 e. The highest BCUT2D eigenvalue weighted by molar-refractivity contribution is 5.88. The molecule has 0 bridgehead atoms. The Morgan fingerprint density at radius 1 is 1.14 bits per heavy atom. The van der Waals surface area contributed by atoms with Gasteiger partial charge in [0.25, 0.3) is 0 Å². The Morgan fingerprint density at radius 2 is 1.81 bits per heavy atom. The first kappa shape index (κ1) is 25.9. The van der Waals surface area contributed by atoms with Crippen LogP contribution in [0.1, 0.15) is 52.0 Å². The summed E-state index contributed by atoms with van der Waals surface area (Å²) in [7, 11) is 0. The van der Waals surface area contributed by atoms with E-state index in [2.05, 4.69) is 53.4 Å². The van der Waals surface area contributed by atoms with Crippen molar-refractivity contribution >= 4 is 11.8 Å². The van der Waals surface area contributed by atoms with Crippen molar-refractivity contribution in [2.75, 3.05) is 31.5 Å². The molecule has 1 aliphatic heterocycles. The Labute approximate surface area is 219 Å². The van der Waals surface area contributed by atoms with Crippen molar-refractivity contribution in [1.29, 1.82) is 0 Å². The van der Waals surface area contributed by atoms with Gasteiger partial charge in [-0.2, -0.15) is 4.98 Å². The number of nitrogens with one attached hydrogen (secondary N) is 2. The second kappa shape index (κ2) is 10.6. The minimum atomic E-state index is -0.417. The largest absolute Gasteiger partial charge is 0.354 e. The number of nitrogens with zero attached hydrogens (tertiary/aromatic N) is 4. The molecule has 2 aromatic rings. The molecule has 1 spiro atoms. The van der Waals surface area contributed by atoms with Crippen LogP contribution in [-0.4, -0.2) is 75.7 Å². The van der Waals surface area contributed by atoms with Gasteiger partial charge in [-0.3, -0.25) is 14.8 Å². The summed E-state index contributed by atoms with van der Waals surface area (Å²) in [6.07, 6.45) is 7.59. The third kappa shape index (κ3) is 5.58. The number of carbonyl (C=O) groups is 1. The number of carbonyl (C=O) groups excluding carboxylic acids is 1. The number of benzene rings is 1. The van der Waals surface area contributed by atoms with E-state index in [1.165, 1.54) is 35.8 Å². The van der Waals surface area contributed by atoms with Gasteiger partial charge in [0.05, 0.1) is 5.69 Å². The first-order chi connectivity index (χ1) is 17.7. The Balaban J connectivity index is 1.19. The van der Waals surface area contributed by atoms with Gasteiger partial charge >= 0.3 is 11.7 Å². The topological polar surface area (TPSA) is 109 Å². The summed E-state index contributed by atoms with van der Waals surface area (Å²) >= 11 is 0. The second-order valence-electron chi connectivity index (χ2n) is 11.6. The van der Waals surface area contributed by atoms with E-state index in [-0.39, 0.29) is 11.8 Å². The van der Waals surface area contributed by atoms with Gasteiger partial charge in [0.15, 0.2) is 0 Å². The van der Waals surface area contributed by atoms with E-state index in [0.29, 0.717) is 42.7 Å². The molecule has 5 rings (SSSR count). The summed E-state index contributed by atoms with van der Waals surface area (Å²) in [6, 6.07) is 11.6. The van der Waals surface area contributed by atoms with E-state index >= 15 is 0 Å². The van der Waals surface area contributed by atoms with Gasteiger partial charge in [-0.1, -0.05) is 12.1 Å². The van der Waals surface area contributed by atoms with Gasteiger partial charge in [0.2, 0.25) is 0 Å². The number of amides is 2. The van der Waals surface area contributed by atoms with Crippen LogP contribution in [0, 0.1) is 5.41 Å². The van der Waals surface area contributed by atoms with Crippen molar-refractivity contribution in [3.05, 3.63) is 52.6 Å². The Hall–Kier alpha value is -2.75. The summed E-state index contributed by atoms with van der Waals surface area (Å²) in [5.74, 6) is 0.269. The molecular weight excluding hydrogens is 466 g/mol. The highest BCUT2D eigenvalue weighted by Crippen LogP contribution is 2.57. The molecule has 2 aliphatic carbocycles. The summed E-state index contributed by atoms with van der Waals surface area (Å²) < 4.78 is 1.51. The molecule has 2 saturated carbocycles. The molecule has 2 heterocycles. The first-order valence-corrected chi connectivity index (χ1v) is 13.7. The smallest absolute Gasteiger partial charge is 0.328 e. The number of anilines is 1. The average molecular weight is 508 g/mol. The van der Waals surface area contributed by atoms with E-state index in [1.807, 2.05) is 12.1 Å². The van der Waals surface area contributed by atoms with Crippen LogP contribution in [0.2, 0.25) is 0 Å². The van der Waals surface area contributed by atoms with E-state index < -0.39 is 5.69 Å². The normalized spacial score (nSPS) is 26.2. The average Bonchev–Trinajstić information content (AvgIpc) is 2.83. The number of aromatic nitrogens is 2. The minimum absolute atomic E-state index is 0.228. The minimum Gasteiger partial charge on any atom is -0.328 e. The van der Waals surface area contributed by atoms with Crippen LogP contribution in [0.4, 0.5) is 10.6 Å². The first-order valence-electron chi connectivity index (χ1n) is 13.7. The molecule has 0 radical (unpaired) electrons. The SMILES string of the molecule is CC(C)N(C(C)Cc1ccc(-n2ccc(NC(=O)N3CCNCC3)nc2=O)cc1)C1CC2(CC(N)C2)C1. The maximum atomic E-state index is 12.7. The highest BCUT2D eigenvalue weighted by Gasteiger charge is 2.53. The van der Waals surface area contributed by atoms with Crippen molar-refractivity contribution in [1.82, 2.24) is 24.7 Å². The van der Waals surface area contributed by atoms with Crippen molar-refractivity contribution in [2.24, 2.45) is 11.1 Å². The Kier molecular flexibility index (Phi) is 7.38. The lowest BCUT2D eigenvalue weighted by atomic mass is 9.52. The zero-order valence-corrected chi connectivity index (χ0v) is 22.3. The van der Waals surface area contributed by atoms with E-state index in [0.717, 1.165) is 25.2 Å². The lowest BCUT2D eigenvalue weighted by Crippen LogP contribution is -2.62. The molecule has 2 amide bonds. The van der Waals surface area contributed by atoms with Crippen LogP contribution in [0.25, 0.3) is 5.69 Å². The third-order valence-electron chi connectivity index (χ3n) is 8.44. The standard InChI is InChI=1S/C28H41N7O2/c1-19(2)35(24-17-28(18-24)15-22(29)16-28)20(3)14-21-4-6-23(7-5-21)34-11-8-25(32-27(34)37)31-26(36)33-12-9-30-10-13-33/h4-8,11,19-20,22,24,30H,9-10,12-18,29H2,1-3H3,(H,31,32,36,37). The molecule has 4 N–H and O–H groups in total. The van der Waals surface area contributed by atoms with Gasteiger partial charge in [-0.05, 0) is 82.1 Å². The van der Waals surface area contributed by atoms with Gasteiger partial charge in [0, 0.05) is 56.5 Å². The molecule has 3 fully saturated rings. The maximum absolute atomic E-state index is 12.7. The van der Waals surface area contributed by atoms with Crippen LogP contribution in [0.3, 0.4) is 0 Å². The number of hydrogen-bond donors (Lipinski definition) is 3. The predicted molar refractivity (Wildman–Crippen MR) is 146 cm³/mol. The molecule has 9 nitrogen and oxygen atoms in total. The quantitative estimate of drug-likeness (QED) is 0.532. The molecule has 1 atom stereocenters. The summed E-state index contributed by atoms with van der Waals surface area (Å²) in [4.78, 5) is 33.6. The van der Waals surface area contributed by atoms with Crippen LogP contribution in [-0.2, 0) is 6.42 Å². The Morgan fingerprint density at radius 3 is 2.41 bits per heavy atom. The monoisotopic (exact) mass is 507 g/mol. The van der Waals surface area contributed by atoms with Crippen LogP contribution >= 0.6 is 0 Å².